The lowest BCUT2D eigenvalue weighted by Crippen LogP contribution is -2.25. The minimum Gasteiger partial charge on any atom is -0.493 e. The fourth-order valence-corrected chi connectivity index (χ4v) is 4.30. The maximum atomic E-state index is 13.6. The third-order valence-corrected chi connectivity index (χ3v) is 6.32. The van der Waals surface area contributed by atoms with Gasteiger partial charge in [0, 0.05) is 16.0 Å². The zero-order valence-corrected chi connectivity index (χ0v) is 22.8. The van der Waals surface area contributed by atoms with Gasteiger partial charge >= 0.3 is 5.97 Å². The Kier molecular flexibility index (Phi) is 7.43. The van der Waals surface area contributed by atoms with Crippen molar-refractivity contribution in [2.45, 2.75) is 13.0 Å². The highest BCUT2D eigenvalue weighted by atomic mass is 35.5. The molecule has 40 heavy (non-hydrogen) atoms. The molecule has 2 heterocycles. The van der Waals surface area contributed by atoms with Crippen molar-refractivity contribution < 1.29 is 28.2 Å². The van der Waals surface area contributed by atoms with Gasteiger partial charge in [-0.15, -0.1) is 0 Å². The summed E-state index contributed by atoms with van der Waals surface area (Å²) in [5.74, 6) is 0.778. The van der Waals surface area contributed by atoms with Crippen LogP contribution in [-0.2, 0) is 9.53 Å². The van der Waals surface area contributed by atoms with Crippen LogP contribution in [0.3, 0.4) is 0 Å². The molecule has 0 unspecified atom stereocenters. The van der Waals surface area contributed by atoms with Crippen LogP contribution in [0.2, 0.25) is 5.02 Å². The molecule has 5 rings (SSSR count). The van der Waals surface area contributed by atoms with Crippen molar-refractivity contribution in [2.75, 3.05) is 21.3 Å². The predicted molar refractivity (Wildman–Crippen MR) is 151 cm³/mol. The summed E-state index contributed by atoms with van der Waals surface area (Å²) in [6.07, 6.45) is 0.551. The first-order valence-corrected chi connectivity index (χ1v) is 12.5. The molecule has 0 saturated heterocycles. The Balaban J connectivity index is 1.62. The second-order valence-corrected chi connectivity index (χ2v) is 9.08. The average Bonchev–Trinajstić information content (AvgIpc) is 3.39. The van der Waals surface area contributed by atoms with E-state index in [1.165, 1.54) is 32.2 Å². The molecule has 0 fully saturated rings. The summed E-state index contributed by atoms with van der Waals surface area (Å²) in [7, 11) is 4.18. The quantitative estimate of drug-likeness (QED) is 0.185. The molecule has 0 bridgehead atoms. The van der Waals surface area contributed by atoms with Crippen LogP contribution in [0, 0.1) is 0 Å². The Bertz CT molecular complexity index is 1800. The summed E-state index contributed by atoms with van der Waals surface area (Å²) in [5, 5.41) is 6.17. The molecule has 0 aliphatic rings. The van der Waals surface area contributed by atoms with Gasteiger partial charge in [-0.25, -0.2) is 9.78 Å². The number of carbonyl (C=O) groups is 1. The number of para-hydroxylation sites is 1. The van der Waals surface area contributed by atoms with E-state index in [-0.39, 0.29) is 28.6 Å². The minimum absolute atomic E-state index is 0.207. The summed E-state index contributed by atoms with van der Waals surface area (Å²) in [5.41, 5.74) is 1.22. The number of carbonyl (C=O) groups excluding carboxylic acids is 1. The van der Waals surface area contributed by atoms with E-state index < -0.39 is 12.1 Å². The molecule has 204 valence electrons. The summed E-state index contributed by atoms with van der Waals surface area (Å²) in [6, 6.07) is 17.2. The van der Waals surface area contributed by atoms with Gasteiger partial charge in [-0.05, 0) is 55.5 Å². The third kappa shape index (κ3) is 5.08. The minimum atomic E-state index is -0.907. The number of aromatic nitrogens is 2. The second-order valence-electron chi connectivity index (χ2n) is 8.64. The van der Waals surface area contributed by atoms with Crippen LogP contribution in [0.5, 0.6) is 17.2 Å². The zero-order valence-electron chi connectivity index (χ0n) is 22.0. The van der Waals surface area contributed by atoms with E-state index in [0.717, 1.165) is 5.39 Å². The number of fused-ring (bicyclic) bond motifs is 2. The lowest BCUT2D eigenvalue weighted by atomic mass is 10.2. The molecular weight excluding hydrogens is 538 g/mol. The van der Waals surface area contributed by atoms with Crippen molar-refractivity contribution in [3.63, 3.8) is 0 Å². The van der Waals surface area contributed by atoms with Crippen molar-refractivity contribution in [1.82, 2.24) is 9.66 Å². The number of esters is 1. The first kappa shape index (κ1) is 26.8. The molecule has 3 aromatic carbocycles. The van der Waals surface area contributed by atoms with Gasteiger partial charge in [0.05, 0.1) is 38.4 Å². The molecule has 0 saturated carbocycles. The van der Waals surface area contributed by atoms with E-state index in [9.17, 15) is 9.59 Å². The van der Waals surface area contributed by atoms with Crippen molar-refractivity contribution in [3.8, 4) is 28.8 Å². The van der Waals surface area contributed by atoms with E-state index in [4.69, 9.17) is 35.0 Å². The van der Waals surface area contributed by atoms with Gasteiger partial charge in [0.2, 0.25) is 11.6 Å². The molecule has 1 atom stereocenters. The van der Waals surface area contributed by atoms with E-state index >= 15 is 0 Å². The van der Waals surface area contributed by atoms with E-state index in [0.29, 0.717) is 32.8 Å². The smallest absolute Gasteiger partial charge is 0.346 e. The molecule has 0 amide bonds. The van der Waals surface area contributed by atoms with Gasteiger partial charge in [0.15, 0.2) is 23.4 Å². The molecule has 2 aromatic heterocycles. The molecule has 0 aliphatic heterocycles. The van der Waals surface area contributed by atoms with Crippen molar-refractivity contribution in [1.29, 1.82) is 0 Å². The Labute approximate surface area is 233 Å². The van der Waals surface area contributed by atoms with Crippen LogP contribution >= 0.6 is 11.6 Å². The third-order valence-electron chi connectivity index (χ3n) is 6.09. The van der Waals surface area contributed by atoms with Gasteiger partial charge in [0.1, 0.15) is 5.58 Å². The molecule has 0 radical (unpaired) electrons. The standard InChI is InChI=1S/C29H24ClN3O7/c1-16(29(35)38-4)39-26-23(36-2)11-17(12-24(26)37-3)15-31-33-27(32-21-8-6-5-7-20(21)28(33)34)25-14-18-13-19(30)9-10-22(18)40-25/h5-16H,1-4H3/t16-/m0/s1. The second kappa shape index (κ2) is 11.1. The molecule has 10 nitrogen and oxygen atoms in total. The summed E-state index contributed by atoms with van der Waals surface area (Å²) in [6.45, 7) is 1.55. The summed E-state index contributed by atoms with van der Waals surface area (Å²) >= 11 is 6.15. The topological polar surface area (TPSA) is 114 Å². The van der Waals surface area contributed by atoms with Gasteiger partial charge in [-0.1, -0.05) is 23.7 Å². The number of halogens is 1. The maximum absolute atomic E-state index is 13.6. The number of rotatable bonds is 8. The number of nitrogens with zero attached hydrogens (tertiary/aromatic N) is 3. The average molecular weight is 562 g/mol. The summed E-state index contributed by atoms with van der Waals surface area (Å²) < 4.78 is 28.6. The number of hydrogen-bond acceptors (Lipinski definition) is 9. The fourth-order valence-electron chi connectivity index (χ4n) is 4.12. The number of hydrogen-bond donors (Lipinski definition) is 0. The van der Waals surface area contributed by atoms with Crippen LogP contribution < -0.4 is 19.8 Å². The Morgan fingerprint density at radius 2 is 1.77 bits per heavy atom. The van der Waals surface area contributed by atoms with Crippen LogP contribution in [0.25, 0.3) is 33.5 Å². The van der Waals surface area contributed by atoms with Gasteiger partial charge in [0.25, 0.3) is 5.56 Å². The van der Waals surface area contributed by atoms with Gasteiger partial charge in [-0.2, -0.15) is 9.78 Å². The highest BCUT2D eigenvalue weighted by Crippen LogP contribution is 2.39. The normalized spacial score (nSPS) is 12.1. The lowest BCUT2D eigenvalue weighted by molar-refractivity contribution is -0.148. The van der Waals surface area contributed by atoms with E-state index in [1.54, 1.807) is 67.6 Å². The Hall–Kier alpha value is -4.83. The van der Waals surface area contributed by atoms with Crippen molar-refractivity contribution in [2.24, 2.45) is 5.10 Å². The maximum Gasteiger partial charge on any atom is 0.346 e. The van der Waals surface area contributed by atoms with Gasteiger partial charge < -0.3 is 23.4 Å². The first-order valence-electron chi connectivity index (χ1n) is 12.1. The fraction of sp³-hybridized carbons (Fsp3) is 0.172. The highest BCUT2D eigenvalue weighted by Gasteiger charge is 2.22. The SMILES string of the molecule is COC(=O)[C@H](C)Oc1c(OC)cc(C=Nn2c(-c3cc4cc(Cl)ccc4o3)nc3ccccc3c2=O)cc1OC. The number of ether oxygens (including phenoxy) is 4. The van der Waals surface area contributed by atoms with Crippen molar-refractivity contribution >= 4 is 45.7 Å². The molecule has 0 aliphatic carbocycles. The highest BCUT2D eigenvalue weighted by molar-refractivity contribution is 6.31. The lowest BCUT2D eigenvalue weighted by Gasteiger charge is -2.18. The van der Waals surface area contributed by atoms with Crippen LogP contribution in [0.1, 0.15) is 12.5 Å². The van der Waals surface area contributed by atoms with E-state index in [2.05, 4.69) is 10.1 Å². The summed E-state index contributed by atoms with van der Waals surface area (Å²) in [4.78, 5) is 30.1. The molecule has 0 spiro atoms. The van der Waals surface area contributed by atoms with Gasteiger partial charge in [-0.3, -0.25) is 4.79 Å². The van der Waals surface area contributed by atoms with Crippen LogP contribution in [-0.4, -0.2) is 49.3 Å². The molecular formula is C29H24ClN3O7. The molecule has 5 aromatic rings. The Morgan fingerprint density at radius 1 is 1.05 bits per heavy atom. The van der Waals surface area contributed by atoms with Crippen molar-refractivity contribution in [3.05, 3.63) is 81.6 Å². The molecule has 0 N–H and O–H groups in total. The number of furan rings is 1. The van der Waals surface area contributed by atoms with Crippen LogP contribution in [0.15, 0.2) is 75.0 Å². The zero-order chi connectivity index (χ0) is 28.4. The number of benzene rings is 3. The largest absolute Gasteiger partial charge is 0.493 e. The predicted octanol–water partition coefficient (Wildman–Crippen LogP) is 5.30. The monoisotopic (exact) mass is 561 g/mol. The molecule has 11 heteroatoms. The van der Waals surface area contributed by atoms with E-state index in [1.807, 2.05) is 0 Å². The first-order chi connectivity index (χ1) is 19.3. The number of methoxy groups -OCH3 is 3. The van der Waals surface area contributed by atoms with Crippen LogP contribution in [0.4, 0.5) is 0 Å². The Morgan fingerprint density at radius 3 is 2.48 bits per heavy atom.